The normalized spacial score (nSPS) is 28.3. The van der Waals surface area contributed by atoms with Gasteiger partial charge in [-0.1, -0.05) is 23.7 Å². The number of carbonyl (C=O) groups is 1. The molecule has 3 rings (SSSR count). The summed E-state index contributed by atoms with van der Waals surface area (Å²) in [6, 6.07) is 7.57. The van der Waals surface area contributed by atoms with Gasteiger partial charge in [-0.05, 0) is 43.4 Å². The molecule has 2 aliphatic heterocycles. The van der Waals surface area contributed by atoms with Crippen LogP contribution in [0.4, 0.5) is 0 Å². The van der Waals surface area contributed by atoms with Crippen LogP contribution >= 0.6 is 11.6 Å². The number of benzene rings is 1. The van der Waals surface area contributed by atoms with Gasteiger partial charge in [0.15, 0.2) is 0 Å². The maximum atomic E-state index is 12.3. The summed E-state index contributed by atoms with van der Waals surface area (Å²) in [6.07, 6.45) is 3.23. The van der Waals surface area contributed by atoms with Crippen LogP contribution in [0.25, 0.3) is 0 Å². The Bertz CT molecular complexity index is 525. The number of carbonyl (C=O) groups excluding carboxylic acids is 1. The van der Waals surface area contributed by atoms with Crippen LogP contribution in [0.5, 0.6) is 0 Å². The van der Waals surface area contributed by atoms with Gasteiger partial charge in [-0.2, -0.15) is 0 Å². The first-order valence-electron chi connectivity index (χ1n) is 7.93. The van der Waals surface area contributed by atoms with Crippen LogP contribution in [0.1, 0.15) is 31.2 Å². The summed E-state index contributed by atoms with van der Waals surface area (Å²) in [4.78, 5) is 14.1. The lowest BCUT2D eigenvalue weighted by molar-refractivity contribution is -0.152. The van der Waals surface area contributed by atoms with Crippen molar-refractivity contribution in [3.8, 4) is 0 Å². The Hall–Kier alpha value is -1.10. The van der Waals surface area contributed by atoms with E-state index in [0.717, 1.165) is 31.4 Å². The largest absolute Gasteiger partial charge is 0.388 e. The molecular weight excluding hydrogens is 302 g/mol. The number of piperidine rings is 1. The summed E-state index contributed by atoms with van der Waals surface area (Å²) in [5, 5.41) is 11.1. The molecule has 120 valence electrons. The molecule has 0 aliphatic carbocycles. The topological polar surface area (TPSA) is 49.8 Å². The molecule has 0 aromatic heterocycles. The molecule has 1 aromatic rings. The van der Waals surface area contributed by atoms with Crippen molar-refractivity contribution in [3.63, 3.8) is 0 Å². The molecule has 2 heterocycles. The third-order valence-electron chi connectivity index (χ3n) is 4.83. The molecule has 5 heteroatoms. The zero-order valence-corrected chi connectivity index (χ0v) is 13.4. The standard InChI is InChI=1S/C17H22ClNO3/c18-14-5-2-13(3-6-14)4-7-16(21)19-10-9-17(15(20)12-19)8-1-11-22-17/h2-3,5-6,15,20H,1,4,7-12H2/t15-,17-/m0/s1. The lowest BCUT2D eigenvalue weighted by atomic mass is 9.86. The molecule has 0 unspecified atom stereocenters. The molecule has 0 saturated carbocycles. The smallest absolute Gasteiger partial charge is 0.222 e. The number of amides is 1. The van der Waals surface area contributed by atoms with Crippen molar-refractivity contribution >= 4 is 17.5 Å². The average Bonchev–Trinajstić information content (AvgIpc) is 2.99. The molecule has 2 aliphatic rings. The van der Waals surface area contributed by atoms with Crippen LogP contribution in [0.2, 0.25) is 5.02 Å². The summed E-state index contributed by atoms with van der Waals surface area (Å²) in [5.41, 5.74) is 0.707. The second-order valence-electron chi connectivity index (χ2n) is 6.25. The van der Waals surface area contributed by atoms with Gasteiger partial charge in [0.25, 0.3) is 0 Å². The Balaban J connectivity index is 1.52. The zero-order chi connectivity index (χ0) is 15.6. The molecule has 0 bridgehead atoms. The van der Waals surface area contributed by atoms with Crippen molar-refractivity contribution in [1.29, 1.82) is 0 Å². The van der Waals surface area contributed by atoms with Gasteiger partial charge in [0.2, 0.25) is 5.91 Å². The van der Waals surface area contributed by atoms with E-state index < -0.39 is 11.7 Å². The van der Waals surface area contributed by atoms with Crippen LogP contribution in [-0.2, 0) is 16.0 Å². The van der Waals surface area contributed by atoms with Crippen LogP contribution in [0.3, 0.4) is 0 Å². The molecule has 1 amide bonds. The van der Waals surface area contributed by atoms with E-state index in [4.69, 9.17) is 16.3 Å². The summed E-state index contributed by atoms with van der Waals surface area (Å²) < 4.78 is 5.76. The Morgan fingerprint density at radius 3 is 2.77 bits per heavy atom. The molecular formula is C17H22ClNO3. The fraction of sp³-hybridized carbons (Fsp3) is 0.588. The number of aryl methyl sites for hydroxylation is 1. The van der Waals surface area contributed by atoms with Gasteiger partial charge < -0.3 is 14.7 Å². The quantitative estimate of drug-likeness (QED) is 0.929. The van der Waals surface area contributed by atoms with E-state index in [1.54, 1.807) is 4.90 Å². The average molecular weight is 324 g/mol. The van der Waals surface area contributed by atoms with E-state index in [9.17, 15) is 9.90 Å². The van der Waals surface area contributed by atoms with Crippen molar-refractivity contribution in [1.82, 2.24) is 4.90 Å². The number of β-amino-alcohol motifs (C(OH)–C–C–N with tert-alkyl or cyclic N) is 1. The van der Waals surface area contributed by atoms with E-state index in [0.29, 0.717) is 31.0 Å². The molecule has 1 N–H and O–H groups in total. The summed E-state index contributed by atoms with van der Waals surface area (Å²) >= 11 is 5.86. The number of hydrogen-bond acceptors (Lipinski definition) is 3. The van der Waals surface area contributed by atoms with E-state index in [1.165, 1.54) is 0 Å². The number of aliphatic hydroxyl groups is 1. The van der Waals surface area contributed by atoms with Crippen molar-refractivity contribution in [2.75, 3.05) is 19.7 Å². The third-order valence-corrected chi connectivity index (χ3v) is 5.08. The Morgan fingerprint density at radius 1 is 1.36 bits per heavy atom. The molecule has 2 atom stereocenters. The van der Waals surface area contributed by atoms with Gasteiger partial charge in [0.05, 0.1) is 5.60 Å². The molecule has 4 nitrogen and oxygen atoms in total. The summed E-state index contributed by atoms with van der Waals surface area (Å²) in [7, 11) is 0. The number of likely N-dealkylation sites (tertiary alicyclic amines) is 1. The zero-order valence-electron chi connectivity index (χ0n) is 12.6. The van der Waals surface area contributed by atoms with Crippen LogP contribution < -0.4 is 0 Å². The number of hydrogen-bond donors (Lipinski definition) is 1. The fourth-order valence-corrected chi connectivity index (χ4v) is 3.55. The second-order valence-corrected chi connectivity index (χ2v) is 6.69. The Kier molecular flexibility index (Phi) is 4.71. The van der Waals surface area contributed by atoms with Crippen molar-refractivity contribution in [2.24, 2.45) is 0 Å². The minimum Gasteiger partial charge on any atom is -0.388 e. The van der Waals surface area contributed by atoms with Gasteiger partial charge in [-0.3, -0.25) is 4.79 Å². The molecule has 1 spiro atoms. The number of aliphatic hydroxyl groups excluding tert-OH is 1. The first-order valence-corrected chi connectivity index (χ1v) is 8.31. The van der Waals surface area contributed by atoms with Crippen molar-refractivity contribution < 1.29 is 14.6 Å². The SMILES string of the molecule is O=C(CCc1ccc(Cl)cc1)N1CC[C@@]2(CCCO2)[C@@H](O)C1. The molecule has 2 fully saturated rings. The second kappa shape index (κ2) is 6.57. The third kappa shape index (κ3) is 3.29. The van der Waals surface area contributed by atoms with Crippen LogP contribution in [0.15, 0.2) is 24.3 Å². The Labute approximate surface area is 136 Å². The highest BCUT2D eigenvalue weighted by Crippen LogP contribution is 2.36. The van der Waals surface area contributed by atoms with E-state index in [2.05, 4.69) is 0 Å². The van der Waals surface area contributed by atoms with E-state index in [1.807, 2.05) is 24.3 Å². The first kappa shape index (κ1) is 15.8. The monoisotopic (exact) mass is 323 g/mol. The lowest BCUT2D eigenvalue weighted by Gasteiger charge is -2.42. The minimum absolute atomic E-state index is 0.0989. The molecule has 0 radical (unpaired) electrons. The first-order chi connectivity index (χ1) is 10.6. The van der Waals surface area contributed by atoms with E-state index >= 15 is 0 Å². The highest BCUT2D eigenvalue weighted by Gasteiger charge is 2.46. The van der Waals surface area contributed by atoms with Crippen LogP contribution in [-0.4, -0.2) is 47.3 Å². The number of ether oxygens (including phenoxy) is 1. The molecule has 2 saturated heterocycles. The van der Waals surface area contributed by atoms with Crippen LogP contribution in [0, 0.1) is 0 Å². The number of nitrogens with zero attached hydrogens (tertiary/aromatic N) is 1. The van der Waals surface area contributed by atoms with Gasteiger partial charge in [-0.15, -0.1) is 0 Å². The molecule has 1 aromatic carbocycles. The minimum atomic E-state index is -0.566. The highest BCUT2D eigenvalue weighted by molar-refractivity contribution is 6.30. The lowest BCUT2D eigenvalue weighted by Crippen LogP contribution is -2.56. The summed E-state index contributed by atoms with van der Waals surface area (Å²) in [6.45, 7) is 1.79. The predicted molar refractivity (Wildman–Crippen MR) is 84.9 cm³/mol. The van der Waals surface area contributed by atoms with Gasteiger partial charge in [-0.25, -0.2) is 0 Å². The maximum absolute atomic E-state index is 12.3. The fourth-order valence-electron chi connectivity index (χ4n) is 3.42. The highest BCUT2D eigenvalue weighted by atomic mass is 35.5. The van der Waals surface area contributed by atoms with Crippen molar-refractivity contribution in [3.05, 3.63) is 34.9 Å². The van der Waals surface area contributed by atoms with Gasteiger partial charge in [0, 0.05) is 31.1 Å². The molecule has 22 heavy (non-hydrogen) atoms. The van der Waals surface area contributed by atoms with E-state index in [-0.39, 0.29) is 5.91 Å². The van der Waals surface area contributed by atoms with Gasteiger partial charge >= 0.3 is 0 Å². The number of halogens is 1. The maximum Gasteiger partial charge on any atom is 0.222 e. The number of rotatable bonds is 3. The predicted octanol–water partition coefficient (Wildman–Crippen LogP) is 2.42. The van der Waals surface area contributed by atoms with Crippen molar-refractivity contribution in [2.45, 2.75) is 43.8 Å². The Morgan fingerprint density at radius 2 is 2.14 bits per heavy atom. The summed E-state index contributed by atoms with van der Waals surface area (Å²) in [5.74, 6) is 0.0989. The van der Waals surface area contributed by atoms with Gasteiger partial charge in [0.1, 0.15) is 6.10 Å².